The zero-order chi connectivity index (χ0) is 13.2. The molecule has 6 heteroatoms. The molecule has 0 radical (unpaired) electrons. The second-order valence-corrected chi connectivity index (χ2v) is 5.94. The lowest BCUT2D eigenvalue weighted by atomic mass is 10.1. The summed E-state index contributed by atoms with van der Waals surface area (Å²) >= 11 is 3.45. The van der Waals surface area contributed by atoms with Crippen LogP contribution in [0.2, 0.25) is 0 Å². The summed E-state index contributed by atoms with van der Waals surface area (Å²) in [5, 5.41) is 7.70. The Labute approximate surface area is 120 Å². The Morgan fingerprint density at radius 3 is 3.21 bits per heavy atom. The molecule has 0 aromatic carbocycles. The lowest BCUT2D eigenvalue weighted by Gasteiger charge is -2.09. The fraction of sp³-hybridized carbons (Fsp3) is 0.538. The number of nitrogens with one attached hydrogen (secondary N) is 1. The molecule has 2 aromatic rings. The minimum atomic E-state index is 0.643. The molecule has 1 fully saturated rings. The predicted molar refractivity (Wildman–Crippen MR) is 79.1 cm³/mol. The quantitative estimate of drug-likeness (QED) is 0.904. The first-order valence-corrected chi connectivity index (χ1v) is 7.55. The fourth-order valence-corrected chi connectivity index (χ4v) is 3.02. The van der Waals surface area contributed by atoms with Crippen LogP contribution in [0.25, 0.3) is 5.65 Å². The van der Waals surface area contributed by atoms with Crippen LogP contribution in [0, 0.1) is 0 Å². The zero-order valence-corrected chi connectivity index (χ0v) is 12.4. The highest BCUT2D eigenvalue weighted by Gasteiger charge is 2.14. The Hall–Kier alpha value is -1.14. The SMILES string of the molecule is Nc1cc(CCC[C@H]2CCCN2)nc2c(Br)cnn12. The minimum Gasteiger partial charge on any atom is -0.384 e. The molecule has 0 aliphatic carbocycles. The molecule has 1 aliphatic heterocycles. The van der Waals surface area contributed by atoms with E-state index in [-0.39, 0.29) is 0 Å². The fourth-order valence-electron chi connectivity index (χ4n) is 2.67. The van der Waals surface area contributed by atoms with Crippen LogP contribution in [0.1, 0.15) is 31.4 Å². The highest BCUT2D eigenvalue weighted by Crippen LogP contribution is 2.20. The van der Waals surface area contributed by atoms with Gasteiger partial charge >= 0.3 is 0 Å². The molecule has 3 rings (SSSR count). The van der Waals surface area contributed by atoms with Gasteiger partial charge in [-0.25, -0.2) is 4.98 Å². The van der Waals surface area contributed by atoms with Crippen LogP contribution in [0.15, 0.2) is 16.7 Å². The zero-order valence-electron chi connectivity index (χ0n) is 10.8. The van der Waals surface area contributed by atoms with Gasteiger partial charge in [0.2, 0.25) is 0 Å². The van der Waals surface area contributed by atoms with E-state index in [2.05, 4.69) is 31.3 Å². The number of rotatable bonds is 4. The van der Waals surface area contributed by atoms with Gasteiger partial charge in [0.1, 0.15) is 5.82 Å². The van der Waals surface area contributed by atoms with Crippen LogP contribution in [-0.2, 0) is 6.42 Å². The second-order valence-electron chi connectivity index (χ2n) is 5.09. The van der Waals surface area contributed by atoms with E-state index in [1.54, 1.807) is 10.7 Å². The molecule has 0 bridgehead atoms. The smallest absolute Gasteiger partial charge is 0.171 e. The van der Waals surface area contributed by atoms with Gasteiger partial charge in [-0.1, -0.05) is 0 Å². The number of anilines is 1. The van der Waals surface area contributed by atoms with E-state index in [1.807, 2.05) is 6.07 Å². The third-order valence-electron chi connectivity index (χ3n) is 3.66. The number of fused-ring (bicyclic) bond motifs is 1. The highest BCUT2D eigenvalue weighted by molar-refractivity contribution is 9.10. The summed E-state index contributed by atoms with van der Waals surface area (Å²) in [7, 11) is 0. The number of hydrogen-bond donors (Lipinski definition) is 2. The Balaban J connectivity index is 1.68. The first-order valence-electron chi connectivity index (χ1n) is 6.76. The Kier molecular flexibility index (Phi) is 3.70. The minimum absolute atomic E-state index is 0.643. The second kappa shape index (κ2) is 5.46. The van der Waals surface area contributed by atoms with Crippen molar-refractivity contribution in [1.82, 2.24) is 19.9 Å². The Morgan fingerprint density at radius 2 is 2.42 bits per heavy atom. The number of aryl methyl sites for hydroxylation is 1. The van der Waals surface area contributed by atoms with E-state index < -0.39 is 0 Å². The lowest BCUT2D eigenvalue weighted by molar-refractivity contribution is 0.534. The molecule has 19 heavy (non-hydrogen) atoms. The van der Waals surface area contributed by atoms with Crippen molar-refractivity contribution in [3.05, 3.63) is 22.4 Å². The van der Waals surface area contributed by atoms with Crippen LogP contribution in [-0.4, -0.2) is 27.2 Å². The van der Waals surface area contributed by atoms with Gasteiger partial charge in [-0.3, -0.25) is 0 Å². The summed E-state index contributed by atoms with van der Waals surface area (Å²) in [5.74, 6) is 0.643. The van der Waals surface area contributed by atoms with Gasteiger partial charge in [0.25, 0.3) is 0 Å². The summed E-state index contributed by atoms with van der Waals surface area (Å²) in [6.07, 6.45) is 7.67. The number of nitrogens with zero attached hydrogens (tertiary/aromatic N) is 3. The summed E-state index contributed by atoms with van der Waals surface area (Å²) in [4.78, 5) is 4.61. The van der Waals surface area contributed by atoms with E-state index in [0.29, 0.717) is 11.9 Å². The topological polar surface area (TPSA) is 68.2 Å². The van der Waals surface area contributed by atoms with Crippen molar-refractivity contribution in [2.24, 2.45) is 0 Å². The van der Waals surface area contributed by atoms with Crippen LogP contribution in [0.4, 0.5) is 5.82 Å². The van der Waals surface area contributed by atoms with Gasteiger partial charge in [-0.2, -0.15) is 9.61 Å². The van der Waals surface area contributed by atoms with E-state index in [9.17, 15) is 0 Å². The molecule has 0 saturated carbocycles. The van der Waals surface area contributed by atoms with E-state index in [4.69, 9.17) is 5.73 Å². The first kappa shape index (κ1) is 12.9. The molecular weight excluding hydrogens is 306 g/mol. The van der Waals surface area contributed by atoms with Crippen LogP contribution >= 0.6 is 15.9 Å². The standard InChI is InChI=1S/C13H18BrN5/c14-11-8-17-19-12(15)7-10(18-13(11)19)4-1-3-9-5-2-6-16-9/h7-9,16H,1-6,15H2/t9-/m0/s1. The van der Waals surface area contributed by atoms with E-state index in [1.165, 1.54) is 25.8 Å². The molecule has 5 nitrogen and oxygen atoms in total. The maximum Gasteiger partial charge on any atom is 0.171 e. The van der Waals surface area contributed by atoms with Crippen molar-refractivity contribution < 1.29 is 0 Å². The Bertz CT molecular complexity index is 574. The number of aromatic nitrogens is 3. The summed E-state index contributed by atoms with van der Waals surface area (Å²) in [6.45, 7) is 1.17. The lowest BCUT2D eigenvalue weighted by Crippen LogP contribution is -2.21. The largest absolute Gasteiger partial charge is 0.384 e. The first-order chi connectivity index (χ1) is 9.24. The van der Waals surface area contributed by atoms with Gasteiger partial charge < -0.3 is 11.1 Å². The number of halogens is 1. The van der Waals surface area contributed by atoms with E-state index >= 15 is 0 Å². The molecule has 2 aromatic heterocycles. The van der Waals surface area contributed by atoms with Crippen LogP contribution in [0.3, 0.4) is 0 Å². The summed E-state index contributed by atoms with van der Waals surface area (Å²) in [6, 6.07) is 2.62. The molecule has 0 unspecified atom stereocenters. The molecule has 1 aliphatic rings. The predicted octanol–water partition coefficient (Wildman–Crippen LogP) is 2.15. The molecule has 3 heterocycles. The monoisotopic (exact) mass is 323 g/mol. The van der Waals surface area contributed by atoms with Gasteiger partial charge in [-0.05, 0) is 54.6 Å². The third kappa shape index (κ3) is 2.74. The average molecular weight is 324 g/mol. The highest BCUT2D eigenvalue weighted by atomic mass is 79.9. The summed E-state index contributed by atoms with van der Waals surface area (Å²) < 4.78 is 2.55. The van der Waals surface area contributed by atoms with Gasteiger partial charge in [0.05, 0.1) is 10.7 Å². The number of nitrogen functional groups attached to an aromatic ring is 1. The average Bonchev–Trinajstić information content (AvgIpc) is 3.01. The van der Waals surface area contributed by atoms with Gasteiger partial charge in [-0.15, -0.1) is 0 Å². The van der Waals surface area contributed by atoms with Gasteiger partial charge in [0.15, 0.2) is 5.65 Å². The maximum absolute atomic E-state index is 5.99. The molecule has 102 valence electrons. The normalized spacial score (nSPS) is 19.3. The molecule has 0 amide bonds. The van der Waals surface area contributed by atoms with Crippen molar-refractivity contribution in [3.8, 4) is 0 Å². The molecule has 1 atom stereocenters. The molecule has 0 spiro atoms. The Morgan fingerprint density at radius 1 is 1.53 bits per heavy atom. The van der Waals surface area contributed by atoms with Crippen LogP contribution in [0.5, 0.6) is 0 Å². The maximum atomic E-state index is 5.99. The van der Waals surface area contributed by atoms with Gasteiger partial charge in [0, 0.05) is 17.8 Å². The van der Waals surface area contributed by atoms with Crippen molar-refractivity contribution in [2.75, 3.05) is 12.3 Å². The molecule has 1 saturated heterocycles. The number of nitrogens with two attached hydrogens (primary N) is 1. The molecular formula is C13H18BrN5. The van der Waals surface area contributed by atoms with Crippen molar-refractivity contribution in [2.45, 2.75) is 38.1 Å². The van der Waals surface area contributed by atoms with Crippen molar-refractivity contribution in [3.63, 3.8) is 0 Å². The number of hydrogen-bond acceptors (Lipinski definition) is 4. The summed E-state index contributed by atoms with van der Waals surface area (Å²) in [5.41, 5.74) is 7.84. The van der Waals surface area contributed by atoms with Crippen molar-refractivity contribution >= 4 is 27.4 Å². The van der Waals surface area contributed by atoms with Crippen molar-refractivity contribution in [1.29, 1.82) is 0 Å². The van der Waals surface area contributed by atoms with Crippen LogP contribution < -0.4 is 11.1 Å². The third-order valence-corrected chi connectivity index (χ3v) is 4.22. The molecule has 3 N–H and O–H groups in total. The van der Waals surface area contributed by atoms with E-state index in [0.717, 1.165) is 28.7 Å².